The zero-order valence-corrected chi connectivity index (χ0v) is 11.0. The fourth-order valence-corrected chi connectivity index (χ4v) is 3.53. The number of hydrogen-bond donors (Lipinski definition) is 1. The number of aliphatic hydroxyl groups is 1. The minimum Gasteiger partial charge on any atom is -0.385 e. The first-order valence-corrected chi connectivity index (χ1v) is 6.51. The summed E-state index contributed by atoms with van der Waals surface area (Å²) >= 11 is 0. The maximum Gasteiger partial charge on any atom is 0.0893 e. The van der Waals surface area contributed by atoms with Gasteiger partial charge in [-0.3, -0.25) is 0 Å². The molecule has 0 amide bonds. The molecule has 16 heavy (non-hydrogen) atoms. The number of hydrogen-bond acceptors (Lipinski definition) is 1. The molecule has 0 saturated carbocycles. The third-order valence-corrected chi connectivity index (χ3v) is 4.46. The van der Waals surface area contributed by atoms with Crippen LogP contribution in [0.1, 0.15) is 47.0 Å². The summed E-state index contributed by atoms with van der Waals surface area (Å²) in [7, 11) is 0. The normalized spacial score (nSPS) is 38.4. The van der Waals surface area contributed by atoms with Gasteiger partial charge in [0.05, 0.1) is 5.60 Å². The second-order valence-corrected chi connectivity index (χ2v) is 6.04. The summed E-state index contributed by atoms with van der Waals surface area (Å²) in [5.74, 6) is 1.57. The van der Waals surface area contributed by atoms with Crippen molar-refractivity contribution in [3.05, 3.63) is 23.3 Å². The molecule has 0 spiro atoms. The maximum absolute atomic E-state index is 11.0. The smallest absolute Gasteiger partial charge is 0.0893 e. The Morgan fingerprint density at radius 3 is 2.62 bits per heavy atom. The van der Waals surface area contributed by atoms with Crippen LogP contribution in [-0.2, 0) is 0 Å². The van der Waals surface area contributed by atoms with Gasteiger partial charge in [-0.15, -0.1) is 0 Å². The van der Waals surface area contributed by atoms with E-state index in [0.717, 1.165) is 19.3 Å². The van der Waals surface area contributed by atoms with Gasteiger partial charge in [0.15, 0.2) is 0 Å². The van der Waals surface area contributed by atoms with Crippen LogP contribution >= 0.6 is 0 Å². The molecule has 0 bridgehead atoms. The molecule has 0 aliphatic heterocycles. The second kappa shape index (κ2) is 4.03. The van der Waals surface area contributed by atoms with E-state index in [2.05, 4.69) is 39.8 Å². The molecule has 2 rings (SSSR count). The Morgan fingerprint density at radius 2 is 2.00 bits per heavy atom. The van der Waals surface area contributed by atoms with Gasteiger partial charge in [0.2, 0.25) is 0 Å². The van der Waals surface area contributed by atoms with Crippen molar-refractivity contribution in [1.82, 2.24) is 0 Å². The fraction of sp³-hybridized carbons (Fsp3) is 0.733. The standard InChI is InChI=1S/C15H24O/c1-10(2)9-15(16)12(4)6-7-13-11(3)5-8-14(13)15/h5-6,10,13-14,16H,7-9H2,1-4H3/t13-,14-,15-/m0/s1. The number of fused-ring (bicyclic) bond motifs is 1. The highest BCUT2D eigenvalue weighted by molar-refractivity contribution is 5.29. The molecular weight excluding hydrogens is 196 g/mol. The van der Waals surface area contributed by atoms with Crippen molar-refractivity contribution in [2.24, 2.45) is 17.8 Å². The van der Waals surface area contributed by atoms with Crippen molar-refractivity contribution in [2.45, 2.75) is 52.6 Å². The SMILES string of the molecule is CC1=CC[C@H]2[C@H]1CC=C(C)[C@@]2(O)CC(C)C. The van der Waals surface area contributed by atoms with Crippen LogP contribution in [-0.4, -0.2) is 10.7 Å². The van der Waals surface area contributed by atoms with Crippen LogP contribution in [0, 0.1) is 17.8 Å². The lowest BCUT2D eigenvalue weighted by Gasteiger charge is -2.43. The number of rotatable bonds is 2. The first-order chi connectivity index (χ1) is 7.45. The molecule has 0 aromatic carbocycles. The first kappa shape index (κ1) is 11.9. The molecule has 0 aromatic rings. The van der Waals surface area contributed by atoms with Crippen molar-refractivity contribution < 1.29 is 5.11 Å². The van der Waals surface area contributed by atoms with Crippen LogP contribution in [0.25, 0.3) is 0 Å². The van der Waals surface area contributed by atoms with E-state index >= 15 is 0 Å². The van der Waals surface area contributed by atoms with E-state index in [1.165, 1.54) is 11.1 Å². The van der Waals surface area contributed by atoms with E-state index in [1.54, 1.807) is 0 Å². The van der Waals surface area contributed by atoms with E-state index in [-0.39, 0.29) is 0 Å². The molecule has 3 atom stereocenters. The molecule has 0 aromatic heterocycles. The van der Waals surface area contributed by atoms with E-state index in [9.17, 15) is 5.11 Å². The second-order valence-electron chi connectivity index (χ2n) is 6.04. The van der Waals surface area contributed by atoms with Crippen LogP contribution < -0.4 is 0 Å². The third-order valence-electron chi connectivity index (χ3n) is 4.46. The van der Waals surface area contributed by atoms with Gasteiger partial charge >= 0.3 is 0 Å². The minimum absolute atomic E-state index is 0.430. The van der Waals surface area contributed by atoms with Gasteiger partial charge in [0.25, 0.3) is 0 Å². The Morgan fingerprint density at radius 1 is 1.31 bits per heavy atom. The summed E-state index contributed by atoms with van der Waals surface area (Å²) in [5.41, 5.74) is 2.13. The maximum atomic E-state index is 11.0. The van der Waals surface area contributed by atoms with E-state index in [4.69, 9.17) is 0 Å². The van der Waals surface area contributed by atoms with Crippen LogP contribution in [0.2, 0.25) is 0 Å². The van der Waals surface area contributed by atoms with Crippen LogP contribution in [0.3, 0.4) is 0 Å². The highest BCUT2D eigenvalue weighted by Crippen LogP contribution is 2.49. The fourth-order valence-electron chi connectivity index (χ4n) is 3.53. The topological polar surface area (TPSA) is 20.2 Å². The molecule has 1 nitrogen and oxygen atoms in total. The summed E-state index contributed by atoms with van der Waals surface area (Å²) in [6, 6.07) is 0. The average Bonchev–Trinajstić information content (AvgIpc) is 2.54. The van der Waals surface area contributed by atoms with Gasteiger partial charge in [-0.1, -0.05) is 31.6 Å². The predicted molar refractivity (Wildman–Crippen MR) is 68.1 cm³/mol. The molecule has 1 N–H and O–H groups in total. The highest BCUT2D eigenvalue weighted by Gasteiger charge is 2.46. The Labute approximate surface area is 99.3 Å². The quantitative estimate of drug-likeness (QED) is 0.704. The summed E-state index contributed by atoms with van der Waals surface area (Å²) in [6.45, 7) is 8.72. The van der Waals surface area contributed by atoms with Crippen molar-refractivity contribution in [3.8, 4) is 0 Å². The number of allylic oxidation sites excluding steroid dienone is 3. The average molecular weight is 220 g/mol. The molecule has 2 aliphatic carbocycles. The molecule has 0 fully saturated rings. The molecule has 1 heteroatoms. The van der Waals surface area contributed by atoms with Gasteiger partial charge < -0.3 is 5.11 Å². The molecule has 2 aliphatic rings. The summed E-state index contributed by atoms with van der Waals surface area (Å²) < 4.78 is 0. The molecule has 0 unspecified atom stereocenters. The molecule has 0 heterocycles. The molecule has 0 saturated heterocycles. The van der Waals surface area contributed by atoms with Crippen LogP contribution in [0.4, 0.5) is 0 Å². The third kappa shape index (κ3) is 1.75. The largest absolute Gasteiger partial charge is 0.385 e. The van der Waals surface area contributed by atoms with Crippen molar-refractivity contribution in [1.29, 1.82) is 0 Å². The zero-order chi connectivity index (χ0) is 11.9. The molecule has 90 valence electrons. The van der Waals surface area contributed by atoms with Crippen molar-refractivity contribution in [3.63, 3.8) is 0 Å². The van der Waals surface area contributed by atoms with Crippen LogP contribution in [0.15, 0.2) is 23.3 Å². The van der Waals surface area contributed by atoms with Crippen LogP contribution in [0.5, 0.6) is 0 Å². The summed E-state index contributed by atoms with van der Waals surface area (Å²) in [4.78, 5) is 0. The molecule has 0 radical (unpaired) electrons. The van der Waals surface area contributed by atoms with Gasteiger partial charge in [-0.05, 0) is 50.5 Å². The first-order valence-electron chi connectivity index (χ1n) is 6.51. The van der Waals surface area contributed by atoms with E-state index in [1.807, 2.05) is 0 Å². The Balaban J connectivity index is 2.29. The Bertz CT molecular complexity index is 337. The van der Waals surface area contributed by atoms with Gasteiger partial charge in [0, 0.05) is 5.92 Å². The Hall–Kier alpha value is -0.560. The van der Waals surface area contributed by atoms with Gasteiger partial charge in [0.1, 0.15) is 0 Å². The Kier molecular flexibility index (Phi) is 3.00. The van der Waals surface area contributed by atoms with Gasteiger partial charge in [-0.2, -0.15) is 0 Å². The van der Waals surface area contributed by atoms with Crippen molar-refractivity contribution in [2.75, 3.05) is 0 Å². The molecular formula is C15H24O. The van der Waals surface area contributed by atoms with Gasteiger partial charge in [-0.25, -0.2) is 0 Å². The monoisotopic (exact) mass is 220 g/mol. The zero-order valence-electron chi connectivity index (χ0n) is 11.0. The summed E-state index contributed by atoms with van der Waals surface area (Å²) in [6.07, 6.45) is 7.67. The van der Waals surface area contributed by atoms with E-state index in [0.29, 0.717) is 17.8 Å². The summed E-state index contributed by atoms with van der Waals surface area (Å²) in [5, 5.41) is 11.0. The highest BCUT2D eigenvalue weighted by atomic mass is 16.3. The lowest BCUT2D eigenvalue weighted by molar-refractivity contribution is -0.0214. The van der Waals surface area contributed by atoms with E-state index < -0.39 is 5.60 Å². The lowest BCUT2D eigenvalue weighted by atomic mass is 9.66. The lowest BCUT2D eigenvalue weighted by Crippen LogP contribution is -2.45. The minimum atomic E-state index is -0.550. The predicted octanol–water partition coefficient (Wildman–Crippen LogP) is 3.70. The van der Waals surface area contributed by atoms with Crippen molar-refractivity contribution >= 4 is 0 Å².